The van der Waals surface area contributed by atoms with E-state index < -0.39 is 0 Å². The van der Waals surface area contributed by atoms with Crippen LogP contribution in [0.5, 0.6) is 11.5 Å². The Morgan fingerprint density at radius 1 is 0.871 bits per heavy atom. The predicted molar refractivity (Wildman–Crippen MR) is 119 cm³/mol. The van der Waals surface area contributed by atoms with Gasteiger partial charge in [-0.05, 0) is 55.2 Å². The Morgan fingerprint density at radius 2 is 1.68 bits per heavy atom. The summed E-state index contributed by atoms with van der Waals surface area (Å²) in [5, 5.41) is 7.55. The Bertz CT molecular complexity index is 1070. The minimum absolute atomic E-state index is 0.246. The van der Waals surface area contributed by atoms with E-state index in [-0.39, 0.29) is 6.79 Å². The molecule has 5 rings (SSSR count). The normalized spacial score (nSPS) is 15.3. The molecule has 0 saturated carbocycles. The molecule has 9 heteroatoms. The van der Waals surface area contributed by atoms with Gasteiger partial charge in [0, 0.05) is 18.8 Å². The maximum absolute atomic E-state index is 5.41. The van der Waals surface area contributed by atoms with Gasteiger partial charge in [-0.2, -0.15) is 20.1 Å². The van der Waals surface area contributed by atoms with Crippen LogP contribution in [0.25, 0.3) is 0 Å². The maximum atomic E-state index is 5.41. The maximum Gasteiger partial charge on any atom is 0.250 e. The van der Waals surface area contributed by atoms with Gasteiger partial charge in [-0.25, -0.2) is 5.43 Å². The molecule has 0 amide bonds. The summed E-state index contributed by atoms with van der Waals surface area (Å²) in [6, 6.07) is 15.5. The van der Waals surface area contributed by atoms with Crippen molar-refractivity contribution in [1.82, 2.24) is 15.0 Å². The van der Waals surface area contributed by atoms with Crippen LogP contribution in [0.2, 0.25) is 0 Å². The molecule has 3 heterocycles. The van der Waals surface area contributed by atoms with Gasteiger partial charge in [-0.1, -0.05) is 18.2 Å². The van der Waals surface area contributed by atoms with Crippen molar-refractivity contribution in [3.8, 4) is 11.5 Å². The quantitative estimate of drug-likeness (QED) is 0.462. The number of hydrogen-bond acceptors (Lipinski definition) is 9. The third-order valence-corrected chi connectivity index (χ3v) is 5.07. The topological polar surface area (TPSA) is 96.8 Å². The fourth-order valence-corrected chi connectivity index (χ4v) is 3.51. The van der Waals surface area contributed by atoms with Crippen LogP contribution in [0.3, 0.4) is 0 Å². The van der Waals surface area contributed by atoms with Crippen LogP contribution in [0.4, 0.5) is 23.5 Å². The molecule has 0 radical (unpaired) electrons. The second-order valence-corrected chi connectivity index (χ2v) is 7.30. The second kappa shape index (κ2) is 8.86. The highest BCUT2D eigenvalue weighted by molar-refractivity contribution is 5.81. The smallest absolute Gasteiger partial charge is 0.250 e. The Morgan fingerprint density at radius 3 is 2.55 bits per heavy atom. The fraction of sp³-hybridized carbons (Fsp3) is 0.273. The monoisotopic (exact) mass is 417 g/mol. The van der Waals surface area contributed by atoms with Crippen molar-refractivity contribution in [2.24, 2.45) is 5.10 Å². The zero-order valence-electron chi connectivity index (χ0n) is 17.0. The number of para-hydroxylation sites is 1. The van der Waals surface area contributed by atoms with Crippen LogP contribution in [-0.2, 0) is 0 Å². The summed E-state index contributed by atoms with van der Waals surface area (Å²) in [5.41, 5.74) is 4.72. The number of rotatable bonds is 6. The largest absolute Gasteiger partial charge is 0.454 e. The summed E-state index contributed by atoms with van der Waals surface area (Å²) in [4.78, 5) is 15.9. The van der Waals surface area contributed by atoms with E-state index in [1.165, 1.54) is 6.42 Å². The number of piperidine rings is 1. The standard InChI is InChI=1S/C22H23N7O2/c1-3-7-17(8-4-1)24-20-25-21(27-22(26-20)29-11-5-2-6-12-29)28-23-14-16-9-10-18-19(13-16)31-15-30-18/h1,3-4,7-10,13-14H,2,5-6,11-12,15H2,(H2,24,25,26,27,28)/b23-14-. The molecule has 9 nitrogen and oxygen atoms in total. The lowest BCUT2D eigenvalue weighted by Crippen LogP contribution is -2.31. The van der Waals surface area contributed by atoms with Crippen molar-refractivity contribution in [3.05, 3.63) is 54.1 Å². The van der Waals surface area contributed by atoms with Crippen molar-refractivity contribution in [2.75, 3.05) is 35.5 Å². The Labute approximate surface area is 180 Å². The number of nitrogens with zero attached hydrogens (tertiary/aromatic N) is 5. The molecular formula is C22H23N7O2. The number of aromatic nitrogens is 3. The summed E-state index contributed by atoms with van der Waals surface area (Å²) in [5.74, 6) is 2.96. The minimum Gasteiger partial charge on any atom is -0.454 e. The molecule has 1 saturated heterocycles. The molecule has 1 fully saturated rings. The molecule has 3 aromatic rings. The van der Waals surface area contributed by atoms with E-state index in [0.29, 0.717) is 23.6 Å². The lowest BCUT2D eigenvalue weighted by molar-refractivity contribution is 0.174. The van der Waals surface area contributed by atoms with Gasteiger partial charge in [0.2, 0.25) is 24.6 Å². The highest BCUT2D eigenvalue weighted by Crippen LogP contribution is 2.32. The molecule has 2 aliphatic rings. The van der Waals surface area contributed by atoms with E-state index in [9.17, 15) is 0 Å². The molecule has 2 N–H and O–H groups in total. The molecule has 2 aromatic carbocycles. The lowest BCUT2D eigenvalue weighted by Gasteiger charge is -2.26. The third kappa shape index (κ3) is 4.66. The van der Waals surface area contributed by atoms with E-state index in [4.69, 9.17) is 9.47 Å². The predicted octanol–water partition coefficient (Wildman–Crippen LogP) is 3.78. The van der Waals surface area contributed by atoms with Crippen molar-refractivity contribution in [3.63, 3.8) is 0 Å². The molecule has 0 atom stereocenters. The zero-order valence-corrected chi connectivity index (χ0v) is 17.0. The summed E-state index contributed by atoms with van der Waals surface area (Å²) in [6.45, 7) is 2.12. The van der Waals surface area contributed by atoms with Gasteiger partial charge in [0.05, 0.1) is 6.21 Å². The number of anilines is 4. The van der Waals surface area contributed by atoms with Crippen LogP contribution in [-0.4, -0.2) is 41.0 Å². The number of ether oxygens (including phenoxy) is 2. The van der Waals surface area contributed by atoms with Gasteiger partial charge in [0.1, 0.15) is 0 Å². The van der Waals surface area contributed by atoms with Crippen LogP contribution in [0, 0.1) is 0 Å². The molecular weight excluding hydrogens is 394 g/mol. The fourth-order valence-electron chi connectivity index (χ4n) is 3.51. The Hall–Kier alpha value is -3.88. The van der Waals surface area contributed by atoms with Gasteiger partial charge in [-0.15, -0.1) is 0 Å². The zero-order chi connectivity index (χ0) is 20.9. The molecule has 31 heavy (non-hydrogen) atoms. The first-order valence-corrected chi connectivity index (χ1v) is 10.4. The van der Waals surface area contributed by atoms with Gasteiger partial charge < -0.3 is 19.7 Å². The first-order chi connectivity index (χ1) is 15.3. The van der Waals surface area contributed by atoms with Gasteiger partial charge in [-0.3, -0.25) is 0 Å². The molecule has 0 spiro atoms. The van der Waals surface area contributed by atoms with E-state index in [1.54, 1.807) is 6.21 Å². The van der Waals surface area contributed by atoms with Gasteiger partial charge in [0.15, 0.2) is 11.5 Å². The van der Waals surface area contributed by atoms with Gasteiger partial charge in [0.25, 0.3) is 0 Å². The van der Waals surface area contributed by atoms with Gasteiger partial charge >= 0.3 is 0 Å². The van der Waals surface area contributed by atoms with Crippen LogP contribution >= 0.6 is 0 Å². The van der Waals surface area contributed by atoms with E-state index in [1.807, 2.05) is 48.5 Å². The van der Waals surface area contributed by atoms with E-state index in [0.717, 1.165) is 42.9 Å². The van der Waals surface area contributed by atoms with Crippen LogP contribution < -0.4 is 25.1 Å². The average Bonchev–Trinajstić information content (AvgIpc) is 3.28. The molecule has 0 unspecified atom stereocenters. The Kier molecular flexibility index (Phi) is 5.46. The van der Waals surface area contributed by atoms with Crippen molar-refractivity contribution < 1.29 is 9.47 Å². The molecule has 1 aromatic heterocycles. The third-order valence-electron chi connectivity index (χ3n) is 5.07. The lowest BCUT2D eigenvalue weighted by atomic mass is 10.1. The highest BCUT2D eigenvalue weighted by atomic mass is 16.7. The summed E-state index contributed by atoms with van der Waals surface area (Å²) in [7, 11) is 0. The van der Waals surface area contributed by atoms with Crippen LogP contribution in [0.15, 0.2) is 53.6 Å². The number of fused-ring (bicyclic) bond motifs is 1. The SMILES string of the molecule is C(=N/Nc1nc(Nc2ccccc2)nc(N2CCCCC2)n1)/c1ccc2c(c1)OCO2. The summed E-state index contributed by atoms with van der Waals surface area (Å²) in [6.07, 6.45) is 5.20. The summed E-state index contributed by atoms with van der Waals surface area (Å²) >= 11 is 0. The number of benzene rings is 2. The highest BCUT2D eigenvalue weighted by Gasteiger charge is 2.16. The number of hydrogen-bond donors (Lipinski definition) is 2. The van der Waals surface area contributed by atoms with Crippen LogP contribution in [0.1, 0.15) is 24.8 Å². The molecule has 158 valence electrons. The average molecular weight is 417 g/mol. The number of nitrogens with one attached hydrogen (secondary N) is 2. The minimum atomic E-state index is 0.246. The summed E-state index contributed by atoms with van der Waals surface area (Å²) < 4.78 is 10.7. The van der Waals surface area contributed by atoms with Crippen molar-refractivity contribution in [1.29, 1.82) is 0 Å². The second-order valence-electron chi connectivity index (χ2n) is 7.30. The molecule has 0 bridgehead atoms. The van der Waals surface area contributed by atoms with Crippen molar-refractivity contribution >= 4 is 29.7 Å². The first-order valence-electron chi connectivity index (χ1n) is 10.4. The van der Waals surface area contributed by atoms with Crippen molar-refractivity contribution in [2.45, 2.75) is 19.3 Å². The van der Waals surface area contributed by atoms with E-state index >= 15 is 0 Å². The number of hydrazone groups is 1. The Balaban J connectivity index is 1.36. The first kappa shape index (κ1) is 19.1. The van der Waals surface area contributed by atoms with E-state index in [2.05, 4.69) is 35.7 Å². The molecule has 2 aliphatic heterocycles. The molecule has 0 aliphatic carbocycles.